The maximum absolute atomic E-state index is 9.22. The second-order valence-corrected chi connectivity index (χ2v) is 12.2. The van der Waals surface area contributed by atoms with E-state index in [1.165, 1.54) is 0 Å². The summed E-state index contributed by atoms with van der Waals surface area (Å²) in [4.78, 5) is 0. The number of aliphatic hydroxyl groups excluding tert-OH is 1. The molecule has 0 aliphatic heterocycles. The smallest absolute Gasteiger partial charge is 0.143 e. The van der Waals surface area contributed by atoms with Gasteiger partial charge in [-0.05, 0) is 89.2 Å². The van der Waals surface area contributed by atoms with E-state index in [1.807, 2.05) is 66.7 Å². The Labute approximate surface area is 294 Å². The molecular weight excluding hydrogens is 678 g/mol. The van der Waals surface area contributed by atoms with Crippen molar-refractivity contribution in [2.45, 2.75) is 18.4 Å². The number of nitrogens with zero attached hydrogens (tertiary/aromatic N) is 2. The highest BCUT2D eigenvalue weighted by Crippen LogP contribution is 2.43. The molecule has 0 bridgehead atoms. The zero-order valence-corrected chi connectivity index (χ0v) is 28.7. The largest absolute Gasteiger partial charge is 0.497 e. The first-order valence-electron chi connectivity index (χ1n) is 14.8. The Hall–Kier alpha value is -3.62. The van der Waals surface area contributed by atoms with Crippen molar-refractivity contribution in [3.8, 4) is 11.5 Å². The third-order valence-electron chi connectivity index (χ3n) is 7.69. The molecule has 0 amide bonds. The highest BCUT2D eigenvalue weighted by atomic mass is 35.5. The van der Waals surface area contributed by atoms with Crippen LogP contribution >= 0.6 is 46.4 Å². The van der Waals surface area contributed by atoms with Gasteiger partial charge in [0.1, 0.15) is 28.5 Å². The van der Waals surface area contributed by atoms with Gasteiger partial charge in [0.15, 0.2) is 0 Å². The van der Waals surface area contributed by atoms with Gasteiger partial charge in [-0.3, -0.25) is 0 Å². The molecule has 0 saturated carbocycles. The van der Waals surface area contributed by atoms with Gasteiger partial charge in [0, 0.05) is 6.61 Å². The van der Waals surface area contributed by atoms with E-state index in [4.69, 9.17) is 60.6 Å². The first-order valence-corrected chi connectivity index (χ1v) is 16.3. The molecule has 0 heterocycles. The molecule has 0 spiro atoms. The summed E-state index contributed by atoms with van der Waals surface area (Å²) in [5, 5.41) is 19.0. The summed E-state index contributed by atoms with van der Waals surface area (Å²) in [5.74, 6) is 1.49. The van der Waals surface area contributed by atoms with Crippen LogP contribution in [0, 0.1) is 0 Å². The fraction of sp³-hybridized carbons (Fsp3) is 0.189. The number of azo groups is 1. The molecule has 0 aliphatic carbocycles. The highest BCUT2D eigenvalue weighted by molar-refractivity contribution is 6.39. The normalized spacial score (nSPS) is 11.6. The van der Waals surface area contributed by atoms with E-state index in [0.29, 0.717) is 45.2 Å². The molecule has 6 nitrogen and oxygen atoms in total. The van der Waals surface area contributed by atoms with E-state index in [2.05, 4.69) is 22.4 Å². The topological polar surface area (TPSA) is 72.6 Å². The average molecular weight is 710 g/mol. The van der Waals surface area contributed by atoms with Crippen molar-refractivity contribution in [2.24, 2.45) is 10.2 Å². The second-order valence-electron chi connectivity index (χ2n) is 10.6. The standard InChI is InChI=1S/C37H32Cl4N2O4/c1-45-29-12-8-27(9-13-29)37(26-6-4-3-5-7-26,28-10-14-30(46-2)15-11-28)47-19-17-25-22-33(40)36(34(41)23-25)43-42-35-31(38)20-24(16-18-44)21-32(35)39/h3-15,20-23,44H,16-19H2,1-2H3. The van der Waals surface area contributed by atoms with Crippen LogP contribution in [0.25, 0.3) is 0 Å². The van der Waals surface area contributed by atoms with Gasteiger partial charge in [0.05, 0.1) is 40.9 Å². The number of benzene rings is 5. The van der Waals surface area contributed by atoms with Crippen molar-refractivity contribution in [3.63, 3.8) is 0 Å². The molecule has 1 N–H and O–H groups in total. The number of aliphatic hydroxyl groups is 1. The van der Waals surface area contributed by atoms with Gasteiger partial charge in [-0.1, -0.05) is 101 Å². The molecule has 5 aromatic carbocycles. The fourth-order valence-electron chi connectivity index (χ4n) is 5.34. The minimum Gasteiger partial charge on any atom is -0.497 e. The highest BCUT2D eigenvalue weighted by Gasteiger charge is 2.37. The Balaban J connectivity index is 1.44. The van der Waals surface area contributed by atoms with Gasteiger partial charge in [0.2, 0.25) is 0 Å². The minimum atomic E-state index is -0.952. The Morgan fingerprint density at radius 2 is 0.979 bits per heavy atom. The molecule has 0 saturated heterocycles. The van der Waals surface area contributed by atoms with E-state index in [-0.39, 0.29) is 12.3 Å². The van der Waals surface area contributed by atoms with E-state index >= 15 is 0 Å². The summed E-state index contributed by atoms with van der Waals surface area (Å²) in [6, 6.07) is 32.8. The maximum atomic E-state index is 9.22. The Kier molecular flexibility index (Phi) is 11.8. The average Bonchev–Trinajstić information content (AvgIpc) is 3.08. The van der Waals surface area contributed by atoms with Crippen LogP contribution in [0.15, 0.2) is 113 Å². The zero-order valence-electron chi connectivity index (χ0n) is 25.7. The van der Waals surface area contributed by atoms with Gasteiger partial charge < -0.3 is 19.3 Å². The van der Waals surface area contributed by atoms with E-state index in [1.54, 1.807) is 38.5 Å². The van der Waals surface area contributed by atoms with Gasteiger partial charge >= 0.3 is 0 Å². The lowest BCUT2D eigenvalue weighted by atomic mass is 9.80. The summed E-state index contributed by atoms with van der Waals surface area (Å²) < 4.78 is 17.8. The van der Waals surface area contributed by atoms with Crippen LogP contribution in [0.5, 0.6) is 11.5 Å². The molecule has 10 heteroatoms. The summed E-state index contributed by atoms with van der Waals surface area (Å²) in [6.45, 7) is 0.304. The molecule has 0 aliphatic rings. The van der Waals surface area contributed by atoms with Gasteiger partial charge in [0.25, 0.3) is 0 Å². The van der Waals surface area contributed by atoms with Crippen molar-refractivity contribution < 1.29 is 19.3 Å². The molecule has 0 radical (unpaired) electrons. The van der Waals surface area contributed by atoms with Crippen LogP contribution in [0.3, 0.4) is 0 Å². The molecule has 47 heavy (non-hydrogen) atoms. The predicted molar refractivity (Wildman–Crippen MR) is 190 cm³/mol. The van der Waals surface area contributed by atoms with Gasteiger partial charge in [-0.25, -0.2) is 0 Å². The van der Waals surface area contributed by atoms with Crippen LogP contribution in [-0.2, 0) is 23.2 Å². The van der Waals surface area contributed by atoms with Crippen molar-refractivity contribution >= 4 is 57.8 Å². The third-order valence-corrected chi connectivity index (χ3v) is 8.84. The van der Waals surface area contributed by atoms with E-state index in [0.717, 1.165) is 39.3 Å². The summed E-state index contributed by atoms with van der Waals surface area (Å²) in [6.07, 6.45) is 0.925. The molecule has 5 aromatic rings. The van der Waals surface area contributed by atoms with Crippen molar-refractivity contribution in [2.75, 3.05) is 27.4 Å². The third kappa shape index (κ3) is 7.92. The quantitative estimate of drug-likeness (QED) is 0.0975. The van der Waals surface area contributed by atoms with Crippen LogP contribution in [-0.4, -0.2) is 32.5 Å². The molecule has 0 atom stereocenters. The lowest BCUT2D eigenvalue weighted by Gasteiger charge is -2.36. The monoisotopic (exact) mass is 708 g/mol. The predicted octanol–water partition coefficient (Wildman–Crippen LogP) is 10.8. The lowest BCUT2D eigenvalue weighted by Crippen LogP contribution is -2.33. The Morgan fingerprint density at radius 1 is 0.574 bits per heavy atom. The number of methoxy groups -OCH3 is 2. The van der Waals surface area contributed by atoms with E-state index < -0.39 is 5.60 Å². The number of ether oxygens (including phenoxy) is 3. The Bertz CT molecular complexity index is 1740. The van der Waals surface area contributed by atoms with Crippen LogP contribution in [0.4, 0.5) is 11.4 Å². The number of hydrogen-bond donors (Lipinski definition) is 1. The number of halogens is 4. The summed E-state index contributed by atoms with van der Waals surface area (Å²) in [7, 11) is 3.29. The van der Waals surface area contributed by atoms with Crippen molar-refractivity contribution in [1.29, 1.82) is 0 Å². The first-order chi connectivity index (χ1) is 22.8. The van der Waals surface area contributed by atoms with Crippen LogP contribution in [0.1, 0.15) is 27.8 Å². The molecule has 0 fully saturated rings. The van der Waals surface area contributed by atoms with Crippen LogP contribution < -0.4 is 9.47 Å². The number of hydrogen-bond acceptors (Lipinski definition) is 6. The zero-order chi connectivity index (χ0) is 33.4. The maximum Gasteiger partial charge on any atom is 0.143 e. The molecular formula is C37H32Cl4N2O4. The summed E-state index contributed by atoms with van der Waals surface area (Å²) in [5.41, 5.74) is 4.10. The fourth-order valence-corrected chi connectivity index (χ4v) is 6.56. The first kappa shape index (κ1) is 34.7. The second kappa shape index (κ2) is 16.0. The summed E-state index contributed by atoms with van der Waals surface area (Å²) >= 11 is 26.1. The number of rotatable bonds is 13. The molecule has 0 unspecified atom stereocenters. The molecule has 0 aromatic heterocycles. The van der Waals surface area contributed by atoms with Gasteiger partial charge in [-0.2, -0.15) is 0 Å². The molecule has 5 rings (SSSR count). The van der Waals surface area contributed by atoms with Crippen molar-refractivity contribution in [3.05, 3.63) is 151 Å². The van der Waals surface area contributed by atoms with Crippen LogP contribution in [0.2, 0.25) is 20.1 Å². The SMILES string of the molecule is COc1ccc(C(OCCc2cc(Cl)c(N=Nc3c(Cl)cc(CCO)cc3Cl)c(Cl)c2)(c2ccccc2)c2ccc(OC)cc2)cc1. The lowest BCUT2D eigenvalue weighted by molar-refractivity contribution is 0.0147. The van der Waals surface area contributed by atoms with Crippen molar-refractivity contribution in [1.82, 2.24) is 0 Å². The minimum absolute atomic E-state index is 0.0215. The van der Waals surface area contributed by atoms with Gasteiger partial charge in [-0.15, -0.1) is 10.2 Å². The Morgan fingerprint density at radius 3 is 1.38 bits per heavy atom. The molecule has 242 valence electrons. The van der Waals surface area contributed by atoms with E-state index in [9.17, 15) is 5.11 Å².